The predicted octanol–water partition coefficient (Wildman–Crippen LogP) is 4.48. The van der Waals surface area contributed by atoms with Gasteiger partial charge in [-0.05, 0) is 49.4 Å². The van der Waals surface area contributed by atoms with Gasteiger partial charge in [-0.3, -0.25) is 0 Å². The predicted molar refractivity (Wildman–Crippen MR) is 82.3 cm³/mol. The molecule has 0 bridgehead atoms. The van der Waals surface area contributed by atoms with Crippen LogP contribution >= 0.6 is 27.7 Å². The zero-order valence-electron chi connectivity index (χ0n) is 10.8. The monoisotopic (exact) mass is 352 g/mol. The SMILES string of the molecule is CCOC(=O)c1cc(Br)ccc1Sc1ccc(O)cc1. The quantitative estimate of drug-likeness (QED) is 0.823. The fourth-order valence-corrected chi connectivity index (χ4v) is 2.88. The zero-order valence-corrected chi connectivity index (χ0v) is 13.2. The van der Waals surface area contributed by atoms with Gasteiger partial charge in [-0.25, -0.2) is 4.79 Å². The smallest absolute Gasteiger partial charge is 0.339 e. The van der Waals surface area contributed by atoms with Crippen LogP contribution in [0.5, 0.6) is 5.75 Å². The van der Waals surface area contributed by atoms with E-state index in [-0.39, 0.29) is 11.7 Å². The molecule has 0 aliphatic rings. The minimum absolute atomic E-state index is 0.218. The fourth-order valence-electron chi connectivity index (χ4n) is 1.60. The maximum absolute atomic E-state index is 12.0. The van der Waals surface area contributed by atoms with E-state index >= 15 is 0 Å². The molecule has 5 heteroatoms. The molecule has 0 radical (unpaired) electrons. The lowest BCUT2D eigenvalue weighted by atomic mass is 10.2. The molecule has 1 N–H and O–H groups in total. The number of esters is 1. The highest BCUT2D eigenvalue weighted by Crippen LogP contribution is 2.33. The van der Waals surface area contributed by atoms with Gasteiger partial charge in [0.2, 0.25) is 0 Å². The lowest BCUT2D eigenvalue weighted by Gasteiger charge is -2.09. The molecule has 2 rings (SSSR count). The molecule has 0 fully saturated rings. The van der Waals surface area contributed by atoms with Gasteiger partial charge in [0, 0.05) is 14.3 Å². The molecule has 0 saturated heterocycles. The highest BCUT2D eigenvalue weighted by Gasteiger charge is 2.14. The van der Waals surface area contributed by atoms with Gasteiger partial charge in [0.25, 0.3) is 0 Å². The lowest BCUT2D eigenvalue weighted by Crippen LogP contribution is -2.06. The molecule has 0 spiro atoms. The van der Waals surface area contributed by atoms with Gasteiger partial charge >= 0.3 is 5.97 Å². The van der Waals surface area contributed by atoms with Crippen LogP contribution in [0.2, 0.25) is 0 Å². The van der Waals surface area contributed by atoms with Gasteiger partial charge in [0.05, 0.1) is 12.2 Å². The highest BCUT2D eigenvalue weighted by atomic mass is 79.9. The van der Waals surface area contributed by atoms with E-state index in [0.717, 1.165) is 14.3 Å². The van der Waals surface area contributed by atoms with Crippen LogP contribution in [0, 0.1) is 0 Å². The summed E-state index contributed by atoms with van der Waals surface area (Å²) in [6.45, 7) is 2.12. The van der Waals surface area contributed by atoms with E-state index < -0.39 is 0 Å². The number of carbonyl (C=O) groups excluding carboxylic acids is 1. The number of benzene rings is 2. The van der Waals surface area contributed by atoms with Gasteiger partial charge in [-0.1, -0.05) is 27.7 Å². The van der Waals surface area contributed by atoms with Crippen LogP contribution in [0.25, 0.3) is 0 Å². The van der Waals surface area contributed by atoms with Gasteiger partial charge in [-0.15, -0.1) is 0 Å². The van der Waals surface area contributed by atoms with E-state index in [1.54, 1.807) is 37.3 Å². The molecule has 0 amide bonds. The van der Waals surface area contributed by atoms with Gasteiger partial charge in [-0.2, -0.15) is 0 Å². The van der Waals surface area contributed by atoms with Gasteiger partial charge < -0.3 is 9.84 Å². The van der Waals surface area contributed by atoms with E-state index in [2.05, 4.69) is 15.9 Å². The number of phenolic OH excluding ortho intramolecular Hbond substituents is 1. The van der Waals surface area contributed by atoms with Gasteiger partial charge in [0.15, 0.2) is 0 Å². The van der Waals surface area contributed by atoms with Crippen LogP contribution < -0.4 is 0 Å². The van der Waals surface area contributed by atoms with Crippen molar-refractivity contribution in [1.82, 2.24) is 0 Å². The van der Waals surface area contributed by atoms with E-state index in [4.69, 9.17) is 4.74 Å². The molecule has 0 aliphatic heterocycles. The van der Waals surface area contributed by atoms with Crippen molar-refractivity contribution in [1.29, 1.82) is 0 Å². The molecule has 20 heavy (non-hydrogen) atoms. The Labute approximate surface area is 130 Å². The molecular weight excluding hydrogens is 340 g/mol. The number of hydrogen-bond donors (Lipinski definition) is 1. The number of halogens is 1. The van der Waals surface area contributed by atoms with Crippen molar-refractivity contribution in [2.75, 3.05) is 6.61 Å². The first-order valence-electron chi connectivity index (χ1n) is 6.03. The summed E-state index contributed by atoms with van der Waals surface area (Å²) in [5, 5.41) is 9.28. The largest absolute Gasteiger partial charge is 0.508 e. The Balaban J connectivity index is 2.31. The Morgan fingerprint density at radius 2 is 1.95 bits per heavy atom. The summed E-state index contributed by atoms with van der Waals surface area (Å²) in [6.07, 6.45) is 0. The van der Waals surface area contributed by atoms with Crippen LogP contribution in [0.4, 0.5) is 0 Å². The molecule has 0 atom stereocenters. The molecule has 0 aliphatic carbocycles. The zero-order chi connectivity index (χ0) is 14.5. The average Bonchev–Trinajstić information content (AvgIpc) is 2.43. The molecule has 0 aromatic heterocycles. The first-order chi connectivity index (χ1) is 9.60. The second-order valence-electron chi connectivity index (χ2n) is 3.96. The summed E-state index contributed by atoms with van der Waals surface area (Å²) in [6, 6.07) is 12.3. The number of aromatic hydroxyl groups is 1. The van der Waals surface area contributed by atoms with Crippen molar-refractivity contribution < 1.29 is 14.6 Å². The van der Waals surface area contributed by atoms with Crippen LogP contribution in [0.3, 0.4) is 0 Å². The van der Waals surface area contributed by atoms with Crippen LogP contribution in [-0.4, -0.2) is 17.7 Å². The van der Waals surface area contributed by atoms with Crippen molar-refractivity contribution in [2.45, 2.75) is 16.7 Å². The Morgan fingerprint density at radius 3 is 2.60 bits per heavy atom. The third-order valence-corrected chi connectivity index (χ3v) is 4.08. The maximum atomic E-state index is 12.0. The number of carbonyl (C=O) groups is 1. The van der Waals surface area contributed by atoms with Crippen molar-refractivity contribution >= 4 is 33.7 Å². The second-order valence-corrected chi connectivity index (χ2v) is 5.99. The average molecular weight is 353 g/mol. The Kier molecular flexibility index (Phi) is 5.09. The number of rotatable bonds is 4. The lowest BCUT2D eigenvalue weighted by molar-refractivity contribution is 0.0522. The highest BCUT2D eigenvalue weighted by molar-refractivity contribution is 9.10. The summed E-state index contributed by atoms with van der Waals surface area (Å²) in [5.41, 5.74) is 0.527. The summed E-state index contributed by atoms with van der Waals surface area (Å²) < 4.78 is 5.90. The van der Waals surface area contributed by atoms with Crippen LogP contribution in [0.15, 0.2) is 56.7 Å². The van der Waals surface area contributed by atoms with Crippen molar-refractivity contribution in [3.05, 3.63) is 52.5 Å². The molecule has 0 heterocycles. The molecule has 2 aromatic carbocycles. The summed E-state index contributed by atoms with van der Waals surface area (Å²) in [7, 11) is 0. The number of phenols is 1. The van der Waals surface area contributed by atoms with Crippen molar-refractivity contribution in [2.24, 2.45) is 0 Å². The summed E-state index contributed by atoms with van der Waals surface area (Å²) >= 11 is 4.81. The molecule has 104 valence electrons. The van der Waals surface area contributed by atoms with Crippen molar-refractivity contribution in [3.63, 3.8) is 0 Å². The normalized spacial score (nSPS) is 10.3. The minimum Gasteiger partial charge on any atom is -0.508 e. The first kappa shape index (κ1) is 14.9. The third-order valence-electron chi connectivity index (χ3n) is 2.50. The second kappa shape index (κ2) is 6.81. The molecule has 0 unspecified atom stereocenters. The van der Waals surface area contributed by atoms with Gasteiger partial charge in [0.1, 0.15) is 5.75 Å². The van der Waals surface area contributed by atoms with E-state index in [0.29, 0.717) is 12.2 Å². The minimum atomic E-state index is -0.338. The molecular formula is C15H13BrO3S. The fraction of sp³-hybridized carbons (Fsp3) is 0.133. The number of hydrogen-bond acceptors (Lipinski definition) is 4. The number of ether oxygens (including phenoxy) is 1. The van der Waals surface area contributed by atoms with E-state index in [9.17, 15) is 9.90 Å². The topological polar surface area (TPSA) is 46.5 Å². The summed E-state index contributed by atoms with van der Waals surface area (Å²) in [5.74, 6) is -0.120. The third kappa shape index (κ3) is 3.77. The Hall–Kier alpha value is -1.46. The Bertz CT molecular complexity index is 611. The van der Waals surface area contributed by atoms with E-state index in [1.807, 2.05) is 12.1 Å². The van der Waals surface area contributed by atoms with Crippen LogP contribution in [0.1, 0.15) is 17.3 Å². The molecule has 0 saturated carbocycles. The standard InChI is InChI=1S/C15H13BrO3S/c1-2-19-15(18)13-9-10(16)3-8-14(13)20-12-6-4-11(17)5-7-12/h3-9,17H,2H2,1H3. The molecule has 3 nitrogen and oxygen atoms in total. The maximum Gasteiger partial charge on any atom is 0.339 e. The Morgan fingerprint density at radius 1 is 1.25 bits per heavy atom. The van der Waals surface area contributed by atoms with Crippen LogP contribution in [-0.2, 0) is 4.74 Å². The van der Waals surface area contributed by atoms with E-state index in [1.165, 1.54) is 11.8 Å². The summed E-state index contributed by atoms with van der Waals surface area (Å²) in [4.78, 5) is 13.7. The first-order valence-corrected chi connectivity index (χ1v) is 7.64. The molecule has 2 aromatic rings. The van der Waals surface area contributed by atoms with Crippen molar-refractivity contribution in [3.8, 4) is 5.75 Å².